The lowest BCUT2D eigenvalue weighted by molar-refractivity contribution is 0.177. The van der Waals surface area contributed by atoms with Crippen LogP contribution in [0.4, 0.5) is 9.59 Å². The van der Waals surface area contributed by atoms with E-state index in [-0.39, 0.29) is 25.2 Å². The quantitative estimate of drug-likeness (QED) is 0.164. The maximum absolute atomic E-state index is 13.2. The average molecular weight is 599 g/mol. The van der Waals surface area contributed by atoms with Gasteiger partial charge in [0.15, 0.2) is 12.7 Å². The van der Waals surface area contributed by atoms with Crippen LogP contribution in [0.5, 0.6) is 0 Å². The predicted octanol–water partition coefficient (Wildman–Crippen LogP) is 7.34. The van der Waals surface area contributed by atoms with E-state index in [9.17, 15) is 18.7 Å². The molecule has 2 aromatic rings. The van der Waals surface area contributed by atoms with Crippen molar-refractivity contribution in [3.8, 4) is 0 Å². The van der Waals surface area contributed by atoms with Gasteiger partial charge in [0.1, 0.15) is 0 Å². The summed E-state index contributed by atoms with van der Waals surface area (Å²) in [7, 11) is 0. The van der Waals surface area contributed by atoms with E-state index in [0.717, 1.165) is 34.3 Å². The third-order valence-electron chi connectivity index (χ3n) is 6.17. The minimum Gasteiger partial charge on any atom is -0.318 e. The Hall–Kier alpha value is -1.86. The Morgan fingerprint density at radius 2 is 0.947 bits per heavy atom. The fourth-order valence-electron chi connectivity index (χ4n) is 3.43. The van der Waals surface area contributed by atoms with Gasteiger partial charge < -0.3 is 18.9 Å². The van der Waals surface area contributed by atoms with Crippen LogP contribution in [-0.4, -0.2) is 59.6 Å². The van der Waals surface area contributed by atoms with E-state index in [1.807, 2.05) is 88.4 Å². The first-order valence-corrected chi connectivity index (χ1v) is 19.9. The van der Waals surface area contributed by atoms with Gasteiger partial charge in [0.25, 0.3) is 0 Å². The van der Waals surface area contributed by atoms with E-state index in [1.54, 1.807) is 9.80 Å². The highest BCUT2D eigenvalue weighted by molar-refractivity contribution is 8.57. The lowest BCUT2D eigenvalue weighted by Crippen LogP contribution is -2.45. The summed E-state index contributed by atoms with van der Waals surface area (Å²) in [6, 6.07) is 18.5. The molecule has 12 heteroatoms. The maximum Gasteiger partial charge on any atom is 0.328 e. The van der Waals surface area contributed by atoms with Crippen molar-refractivity contribution < 1.29 is 18.7 Å². The molecule has 0 unspecified atom stereocenters. The van der Waals surface area contributed by atoms with E-state index < -0.39 is 12.7 Å². The summed E-state index contributed by atoms with van der Waals surface area (Å²) in [6.45, 7) is 8.64. The molecule has 0 aliphatic carbocycles. The smallest absolute Gasteiger partial charge is 0.318 e. The van der Waals surface area contributed by atoms with Crippen molar-refractivity contribution >= 4 is 47.9 Å². The number of amides is 4. The molecule has 0 spiro atoms. The second-order valence-electron chi connectivity index (χ2n) is 8.71. The van der Waals surface area contributed by atoms with Gasteiger partial charge in [0.2, 0.25) is 0 Å². The van der Waals surface area contributed by atoms with Gasteiger partial charge in [0, 0.05) is 74.0 Å². The number of benzene rings is 2. The number of hydrogen-bond donors (Lipinski definition) is 2. The molecule has 8 nitrogen and oxygen atoms in total. The lowest BCUT2D eigenvalue weighted by Gasteiger charge is -2.29. The molecule has 4 amide bonds. The van der Waals surface area contributed by atoms with Crippen molar-refractivity contribution in [1.29, 1.82) is 0 Å². The number of hydrogen-bond acceptors (Lipinski definition) is 6. The molecule has 0 saturated carbocycles. The molecule has 210 valence electrons. The molecule has 0 aromatic heterocycles. The molecule has 0 atom stereocenters. The van der Waals surface area contributed by atoms with Gasteiger partial charge >= 0.3 is 12.1 Å². The molecule has 0 aliphatic heterocycles. The Kier molecular flexibility index (Phi) is 13.9. The third-order valence-corrected chi connectivity index (χ3v) is 16.9. The molecule has 0 radical (unpaired) electrons. The number of carbonyl (C=O) groups excluding carboxylic acids is 2. The summed E-state index contributed by atoms with van der Waals surface area (Å²) in [5.74, 6) is 0. The molecule has 0 heterocycles. The molecular formula is C26H40N4O4P2S2. The standard InChI is InChI=1S/C26H40N4O4P2S2/c1-5-35(33,6-2)37-27-25(31)29(21-23-15-11-9-12-16-23)19-20-30(22-24-17-13-10-14-18-24)26(32)28-38-36(34,7-3)8-4/h9-18H,5-8,19-22H2,1-4H3,(H,27,31)(H,28,32). The van der Waals surface area contributed by atoms with E-state index in [4.69, 9.17) is 0 Å². The van der Waals surface area contributed by atoms with Crippen molar-refractivity contribution in [2.45, 2.75) is 40.8 Å². The highest BCUT2D eigenvalue weighted by Crippen LogP contribution is 2.56. The van der Waals surface area contributed by atoms with E-state index >= 15 is 0 Å². The van der Waals surface area contributed by atoms with Crippen LogP contribution in [0.1, 0.15) is 38.8 Å². The molecule has 2 rings (SSSR count). The second-order valence-corrected chi connectivity index (χ2v) is 20.4. The summed E-state index contributed by atoms with van der Waals surface area (Å²) in [5, 5.41) is 0. The van der Waals surface area contributed by atoms with Gasteiger partial charge in [-0.2, -0.15) is 0 Å². The second kappa shape index (κ2) is 16.3. The first-order valence-electron chi connectivity index (χ1n) is 12.9. The maximum atomic E-state index is 13.2. The van der Waals surface area contributed by atoms with Crippen molar-refractivity contribution in [2.75, 3.05) is 37.7 Å². The Bertz CT molecular complexity index is 1010. The summed E-state index contributed by atoms with van der Waals surface area (Å²) in [4.78, 5) is 29.7. The van der Waals surface area contributed by atoms with Gasteiger partial charge in [-0.15, -0.1) is 0 Å². The fourth-order valence-corrected chi connectivity index (χ4v) is 8.61. The van der Waals surface area contributed by atoms with Crippen LogP contribution in [0.2, 0.25) is 0 Å². The van der Waals surface area contributed by atoms with Gasteiger partial charge in [-0.05, 0) is 11.1 Å². The van der Waals surface area contributed by atoms with Crippen molar-refractivity contribution in [3.63, 3.8) is 0 Å². The van der Waals surface area contributed by atoms with Crippen LogP contribution in [-0.2, 0) is 22.2 Å². The van der Waals surface area contributed by atoms with Gasteiger partial charge in [0.05, 0.1) is 0 Å². The topological polar surface area (TPSA) is 98.8 Å². The lowest BCUT2D eigenvalue weighted by atomic mass is 10.2. The fraction of sp³-hybridized carbons (Fsp3) is 0.462. The third kappa shape index (κ3) is 10.7. The molecule has 0 fully saturated rings. The minimum absolute atomic E-state index is 0.258. The minimum atomic E-state index is -2.53. The zero-order chi connectivity index (χ0) is 28.0. The normalized spacial score (nSPS) is 11.6. The SMILES string of the molecule is CCP(=O)(CC)SNC(=O)N(CCN(Cc1ccccc1)C(=O)NSP(=O)(CC)CC)Cc1ccccc1. The Labute approximate surface area is 235 Å². The van der Waals surface area contributed by atoms with E-state index in [1.165, 1.54) is 0 Å². The zero-order valence-corrected chi connectivity index (χ0v) is 26.1. The zero-order valence-electron chi connectivity index (χ0n) is 22.7. The number of rotatable bonds is 15. The van der Waals surface area contributed by atoms with Crippen LogP contribution >= 0.6 is 35.8 Å². The number of carbonyl (C=O) groups is 2. The van der Waals surface area contributed by atoms with Crippen LogP contribution in [0.3, 0.4) is 0 Å². The molecule has 38 heavy (non-hydrogen) atoms. The van der Waals surface area contributed by atoms with Gasteiger partial charge in [-0.1, -0.05) is 88.4 Å². The van der Waals surface area contributed by atoms with Gasteiger partial charge in [-0.3, -0.25) is 9.44 Å². The first-order chi connectivity index (χ1) is 18.2. The van der Waals surface area contributed by atoms with Crippen LogP contribution in [0.15, 0.2) is 60.7 Å². The summed E-state index contributed by atoms with van der Waals surface area (Å²) in [6.07, 6.45) is -3.09. The highest BCUT2D eigenvalue weighted by Gasteiger charge is 2.25. The van der Waals surface area contributed by atoms with Crippen molar-refractivity contribution in [3.05, 3.63) is 71.8 Å². The molecule has 2 N–H and O–H groups in total. The summed E-state index contributed by atoms with van der Waals surface area (Å²) in [5.41, 5.74) is 1.89. The number of nitrogens with one attached hydrogen (secondary N) is 2. The van der Waals surface area contributed by atoms with Crippen LogP contribution in [0, 0.1) is 0 Å². The molecule has 0 aliphatic rings. The first kappa shape index (κ1) is 32.4. The molecule has 0 bridgehead atoms. The monoisotopic (exact) mass is 598 g/mol. The summed E-state index contributed by atoms with van der Waals surface area (Å²) >= 11 is 2.03. The van der Waals surface area contributed by atoms with Crippen LogP contribution in [0.25, 0.3) is 0 Å². The average Bonchev–Trinajstić information content (AvgIpc) is 2.96. The summed E-state index contributed by atoms with van der Waals surface area (Å²) < 4.78 is 31.3. The van der Waals surface area contributed by atoms with Crippen molar-refractivity contribution in [2.24, 2.45) is 0 Å². The largest absolute Gasteiger partial charge is 0.328 e. The van der Waals surface area contributed by atoms with Gasteiger partial charge in [-0.25, -0.2) is 9.59 Å². The Balaban J connectivity index is 2.20. The number of nitrogens with zero attached hydrogens (tertiary/aromatic N) is 2. The highest BCUT2D eigenvalue weighted by atomic mass is 32.7. The van der Waals surface area contributed by atoms with E-state index in [2.05, 4.69) is 9.44 Å². The molecule has 0 saturated heterocycles. The predicted molar refractivity (Wildman–Crippen MR) is 163 cm³/mol. The number of urea groups is 2. The Morgan fingerprint density at radius 1 is 0.632 bits per heavy atom. The molecule has 2 aromatic carbocycles. The molecular weight excluding hydrogens is 558 g/mol. The van der Waals surface area contributed by atoms with Crippen LogP contribution < -0.4 is 9.44 Å². The van der Waals surface area contributed by atoms with E-state index in [0.29, 0.717) is 37.7 Å². The Morgan fingerprint density at radius 3 is 1.24 bits per heavy atom. The van der Waals surface area contributed by atoms with Crippen molar-refractivity contribution in [1.82, 2.24) is 19.2 Å².